The summed E-state index contributed by atoms with van der Waals surface area (Å²) in [5.74, 6) is 0.927. The van der Waals surface area contributed by atoms with E-state index in [2.05, 4.69) is 71.1 Å². The first-order valence-corrected chi connectivity index (χ1v) is 12.4. The molecule has 2 aromatic carbocycles. The van der Waals surface area contributed by atoms with Crippen LogP contribution in [0.1, 0.15) is 22.7 Å². The van der Waals surface area contributed by atoms with Crippen LogP contribution in [0.4, 0.5) is 16.3 Å². The van der Waals surface area contributed by atoms with Gasteiger partial charge >= 0.3 is 6.03 Å². The number of nitrogens with one attached hydrogen (secondary N) is 2. The Morgan fingerprint density at radius 1 is 1.03 bits per heavy atom. The van der Waals surface area contributed by atoms with E-state index in [1.165, 1.54) is 21.6 Å². The molecule has 3 heterocycles. The summed E-state index contributed by atoms with van der Waals surface area (Å²) in [4.78, 5) is 20.3. The maximum absolute atomic E-state index is 12.0. The highest BCUT2D eigenvalue weighted by molar-refractivity contribution is 5.90. The maximum Gasteiger partial charge on any atom is 0.321 e. The van der Waals surface area contributed by atoms with Crippen LogP contribution in [0.2, 0.25) is 0 Å². The Hall–Kier alpha value is -4.17. The van der Waals surface area contributed by atoms with Crippen LogP contribution < -0.4 is 10.6 Å². The fourth-order valence-electron chi connectivity index (χ4n) is 4.76. The molecule has 1 aliphatic rings. The molecule has 0 fully saturated rings. The lowest BCUT2D eigenvalue weighted by Crippen LogP contribution is -2.27. The predicted octanol–water partition coefficient (Wildman–Crippen LogP) is 5.01. The molecular weight excluding hydrogens is 462 g/mol. The van der Waals surface area contributed by atoms with Crippen molar-refractivity contribution in [3.63, 3.8) is 0 Å². The largest absolute Gasteiger partial charge is 0.363 e. The summed E-state index contributed by atoms with van der Waals surface area (Å²) in [6, 6.07) is 18.7. The van der Waals surface area contributed by atoms with Crippen molar-refractivity contribution < 1.29 is 4.79 Å². The number of fused-ring (bicyclic) bond motifs is 1. The molecule has 0 saturated carbocycles. The number of aromatic nitrogens is 3. The third kappa shape index (κ3) is 5.20. The van der Waals surface area contributed by atoms with Crippen LogP contribution in [0, 0.1) is 0 Å². The molecule has 0 radical (unpaired) electrons. The van der Waals surface area contributed by atoms with Gasteiger partial charge in [0.1, 0.15) is 11.5 Å². The standard InChI is InChI=1S/C29H33N7O/c1-34(2)17-19-6-8-20(9-7-19)26-16-24-23(14-15-30-28(24)32-26)25-18-36(5)33-27(25)21-10-12-22(13-11-21)31-29(37)35(3)4/h6-15,18,26H,16-17H2,1-5H3,(H,30,32)(H,31,37). The normalized spacial score (nSPS) is 14.4. The van der Waals surface area contributed by atoms with E-state index in [4.69, 9.17) is 5.10 Å². The van der Waals surface area contributed by atoms with Crippen LogP contribution >= 0.6 is 0 Å². The lowest BCUT2D eigenvalue weighted by molar-refractivity contribution is 0.230. The first-order valence-electron chi connectivity index (χ1n) is 12.4. The summed E-state index contributed by atoms with van der Waals surface area (Å²) in [6.07, 6.45) is 4.78. The third-order valence-corrected chi connectivity index (χ3v) is 6.59. The van der Waals surface area contributed by atoms with E-state index >= 15 is 0 Å². The molecule has 2 aromatic heterocycles. The highest BCUT2D eigenvalue weighted by Gasteiger charge is 2.27. The van der Waals surface area contributed by atoms with Gasteiger partial charge in [0.15, 0.2) is 0 Å². The number of hydrogen-bond donors (Lipinski definition) is 2. The first kappa shape index (κ1) is 24.5. The Labute approximate surface area is 217 Å². The zero-order chi connectivity index (χ0) is 26.1. The number of carbonyl (C=O) groups excluding carboxylic acids is 1. The molecule has 5 rings (SSSR count). The van der Waals surface area contributed by atoms with Crippen LogP contribution in [-0.4, -0.2) is 58.8 Å². The SMILES string of the molecule is CN(C)Cc1ccc(C2Cc3c(-c4cn(C)nc4-c4ccc(NC(=O)N(C)C)cc4)ccnc3N2)cc1. The minimum atomic E-state index is -0.159. The van der Waals surface area contributed by atoms with Crippen molar-refractivity contribution in [1.29, 1.82) is 0 Å². The van der Waals surface area contributed by atoms with Gasteiger partial charge in [0.25, 0.3) is 0 Å². The van der Waals surface area contributed by atoms with Crippen molar-refractivity contribution >= 4 is 17.5 Å². The van der Waals surface area contributed by atoms with Gasteiger partial charge in [0, 0.05) is 68.9 Å². The molecule has 1 unspecified atom stereocenters. The molecule has 1 aliphatic heterocycles. The molecule has 190 valence electrons. The molecule has 0 bridgehead atoms. The average molecular weight is 496 g/mol. The second-order valence-electron chi connectivity index (χ2n) is 10.0. The number of pyridine rings is 1. The lowest BCUT2D eigenvalue weighted by Gasteiger charge is -2.14. The van der Waals surface area contributed by atoms with Gasteiger partial charge < -0.3 is 20.4 Å². The fourth-order valence-corrected chi connectivity index (χ4v) is 4.76. The minimum absolute atomic E-state index is 0.159. The van der Waals surface area contributed by atoms with Crippen LogP contribution in [0.3, 0.4) is 0 Å². The highest BCUT2D eigenvalue weighted by atomic mass is 16.2. The monoisotopic (exact) mass is 495 g/mol. The summed E-state index contributed by atoms with van der Waals surface area (Å²) >= 11 is 0. The van der Waals surface area contributed by atoms with E-state index in [0.29, 0.717) is 0 Å². The highest BCUT2D eigenvalue weighted by Crippen LogP contribution is 2.41. The van der Waals surface area contributed by atoms with Gasteiger partial charge in [-0.05, 0) is 49.0 Å². The van der Waals surface area contributed by atoms with Gasteiger partial charge in [-0.2, -0.15) is 5.10 Å². The number of rotatable bonds is 6. The van der Waals surface area contributed by atoms with Crippen molar-refractivity contribution in [3.05, 3.63) is 83.7 Å². The Morgan fingerprint density at radius 3 is 2.43 bits per heavy atom. The van der Waals surface area contributed by atoms with Gasteiger partial charge in [-0.1, -0.05) is 36.4 Å². The number of nitrogens with zero attached hydrogens (tertiary/aromatic N) is 5. The minimum Gasteiger partial charge on any atom is -0.363 e. The van der Waals surface area contributed by atoms with Crippen molar-refractivity contribution in [2.24, 2.45) is 7.05 Å². The second kappa shape index (κ2) is 10.1. The Kier molecular flexibility index (Phi) is 6.67. The zero-order valence-electron chi connectivity index (χ0n) is 22.0. The van der Waals surface area contributed by atoms with E-state index < -0.39 is 0 Å². The van der Waals surface area contributed by atoms with Gasteiger partial charge in [-0.15, -0.1) is 0 Å². The summed E-state index contributed by atoms with van der Waals surface area (Å²) in [7, 11) is 9.55. The molecule has 1 atom stereocenters. The van der Waals surface area contributed by atoms with E-state index in [1.807, 2.05) is 42.2 Å². The predicted molar refractivity (Wildman–Crippen MR) is 148 cm³/mol. The van der Waals surface area contributed by atoms with Crippen molar-refractivity contribution in [1.82, 2.24) is 24.6 Å². The molecule has 2 amide bonds. The molecule has 2 N–H and O–H groups in total. The molecule has 37 heavy (non-hydrogen) atoms. The second-order valence-corrected chi connectivity index (χ2v) is 10.0. The zero-order valence-corrected chi connectivity index (χ0v) is 22.0. The first-order chi connectivity index (χ1) is 17.8. The molecule has 0 aliphatic carbocycles. The number of aryl methyl sites for hydroxylation is 1. The fraction of sp³-hybridized carbons (Fsp3) is 0.276. The number of carbonyl (C=O) groups is 1. The van der Waals surface area contributed by atoms with Crippen LogP contribution in [0.5, 0.6) is 0 Å². The number of amides is 2. The summed E-state index contributed by atoms with van der Waals surface area (Å²) in [5.41, 5.74) is 8.60. The number of hydrogen-bond acceptors (Lipinski definition) is 5. The van der Waals surface area contributed by atoms with Crippen molar-refractivity contribution in [3.8, 4) is 22.4 Å². The van der Waals surface area contributed by atoms with E-state index in [9.17, 15) is 4.79 Å². The Bertz CT molecular complexity index is 1410. The van der Waals surface area contributed by atoms with E-state index in [0.717, 1.165) is 46.9 Å². The summed E-state index contributed by atoms with van der Waals surface area (Å²) in [6.45, 7) is 0.928. The number of benzene rings is 2. The van der Waals surface area contributed by atoms with Gasteiger partial charge in [-0.3, -0.25) is 4.68 Å². The molecule has 4 aromatic rings. The third-order valence-electron chi connectivity index (χ3n) is 6.59. The van der Waals surface area contributed by atoms with E-state index in [-0.39, 0.29) is 12.1 Å². The Morgan fingerprint density at radius 2 is 1.76 bits per heavy atom. The van der Waals surface area contributed by atoms with Gasteiger partial charge in [0.05, 0.1) is 6.04 Å². The van der Waals surface area contributed by atoms with Gasteiger partial charge in [0.2, 0.25) is 0 Å². The van der Waals surface area contributed by atoms with Crippen LogP contribution in [0.25, 0.3) is 22.4 Å². The number of urea groups is 1. The Balaban J connectivity index is 1.42. The summed E-state index contributed by atoms with van der Waals surface area (Å²) < 4.78 is 1.85. The van der Waals surface area contributed by atoms with Crippen molar-refractivity contribution in [2.75, 3.05) is 38.8 Å². The molecule has 8 heteroatoms. The summed E-state index contributed by atoms with van der Waals surface area (Å²) in [5, 5.41) is 11.3. The quantitative estimate of drug-likeness (QED) is 0.393. The molecule has 0 saturated heterocycles. The van der Waals surface area contributed by atoms with Gasteiger partial charge in [-0.25, -0.2) is 9.78 Å². The smallest absolute Gasteiger partial charge is 0.321 e. The van der Waals surface area contributed by atoms with Crippen LogP contribution in [0.15, 0.2) is 67.0 Å². The van der Waals surface area contributed by atoms with E-state index in [1.54, 1.807) is 14.1 Å². The number of anilines is 2. The topological polar surface area (TPSA) is 78.3 Å². The van der Waals surface area contributed by atoms with Crippen molar-refractivity contribution in [2.45, 2.75) is 19.0 Å². The molecule has 0 spiro atoms. The van der Waals surface area contributed by atoms with Crippen LogP contribution in [-0.2, 0) is 20.0 Å². The molecule has 8 nitrogen and oxygen atoms in total. The lowest BCUT2D eigenvalue weighted by atomic mass is 9.95. The maximum atomic E-state index is 12.0. The average Bonchev–Trinajstić information content (AvgIpc) is 3.48. The molecular formula is C29H33N7O.